The molecule has 164 valence electrons. The second-order valence-electron chi connectivity index (χ2n) is 6.99. The summed E-state index contributed by atoms with van der Waals surface area (Å²) >= 11 is 0. The number of carbonyl (C=O) groups is 2. The first-order chi connectivity index (χ1) is 14.8. The van der Waals surface area contributed by atoms with E-state index in [1.54, 1.807) is 12.1 Å². The molecule has 0 aromatic heterocycles. The monoisotopic (exact) mass is 428 g/mol. The van der Waals surface area contributed by atoms with Gasteiger partial charge in [0.15, 0.2) is 0 Å². The summed E-state index contributed by atoms with van der Waals surface area (Å²) in [7, 11) is 2.12. The highest BCUT2D eigenvalue weighted by Gasteiger charge is 2.30. The minimum Gasteiger partial charge on any atom is -0.490 e. The van der Waals surface area contributed by atoms with Crippen LogP contribution in [0.1, 0.15) is 17.9 Å². The summed E-state index contributed by atoms with van der Waals surface area (Å²) in [6.45, 7) is 1.93. The molecule has 2 atom stereocenters. The fourth-order valence-electron chi connectivity index (χ4n) is 3.22. The Morgan fingerprint density at radius 2 is 1.65 bits per heavy atom. The van der Waals surface area contributed by atoms with Gasteiger partial charge in [0, 0.05) is 43.3 Å². The van der Waals surface area contributed by atoms with Crippen molar-refractivity contribution in [3.63, 3.8) is 0 Å². The largest absolute Gasteiger partial charge is 0.490 e. The summed E-state index contributed by atoms with van der Waals surface area (Å²) in [5.74, 6) is -1.53. The van der Waals surface area contributed by atoms with Gasteiger partial charge in [0.05, 0.1) is 4.92 Å². The molecule has 1 aliphatic heterocycles. The van der Waals surface area contributed by atoms with Gasteiger partial charge in [-0.3, -0.25) is 10.1 Å². The number of hydrogen-bond acceptors (Lipinski definition) is 6. The molecular formula is C22H24N2O7. The molecule has 0 spiro atoms. The van der Waals surface area contributed by atoms with Crippen molar-refractivity contribution in [2.75, 3.05) is 20.1 Å². The van der Waals surface area contributed by atoms with Gasteiger partial charge in [0.2, 0.25) is 0 Å². The molecule has 2 aromatic rings. The number of likely N-dealkylation sites (tertiary alicyclic amines) is 1. The molecule has 1 heterocycles. The molecule has 0 unspecified atom stereocenters. The Hall–Kier alpha value is -3.72. The molecule has 1 saturated heterocycles. The van der Waals surface area contributed by atoms with Crippen molar-refractivity contribution < 1.29 is 29.5 Å². The zero-order valence-electron chi connectivity index (χ0n) is 17.0. The minimum atomic E-state index is -1.26. The second kappa shape index (κ2) is 11.5. The van der Waals surface area contributed by atoms with Crippen molar-refractivity contribution in [1.29, 1.82) is 0 Å². The van der Waals surface area contributed by atoms with Crippen LogP contribution in [0.3, 0.4) is 0 Å². The quantitative estimate of drug-likeness (QED) is 0.408. The van der Waals surface area contributed by atoms with Gasteiger partial charge in [-0.2, -0.15) is 0 Å². The molecule has 2 N–H and O–H groups in total. The number of benzene rings is 2. The maximum absolute atomic E-state index is 10.7. The number of nitro groups is 1. The molecule has 9 nitrogen and oxygen atoms in total. The Bertz CT molecular complexity index is 897. The van der Waals surface area contributed by atoms with E-state index in [1.807, 2.05) is 18.2 Å². The molecule has 1 fully saturated rings. The maximum atomic E-state index is 10.7. The zero-order chi connectivity index (χ0) is 22.8. The van der Waals surface area contributed by atoms with E-state index in [0.717, 1.165) is 19.5 Å². The Morgan fingerprint density at radius 1 is 1.06 bits per heavy atom. The Morgan fingerprint density at radius 3 is 2.16 bits per heavy atom. The van der Waals surface area contributed by atoms with Gasteiger partial charge in [0.1, 0.15) is 11.9 Å². The smallest absolute Gasteiger partial charge is 0.328 e. The lowest BCUT2D eigenvalue weighted by Gasteiger charge is -2.37. The first-order valence-corrected chi connectivity index (χ1v) is 9.54. The molecule has 2 aromatic carbocycles. The van der Waals surface area contributed by atoms with Gasteiger partial charge in [-0.15, -0.1) is 0 Å². The lowest BCUT2D eigenvalue weighted by molar-refractivity contribution is -0.384. The third-order valence-corrected chi connectivity index (χ3v) is 4.68. The van der Waals surface area contributed by atoms with Crippen LogP contribution in [0.15, 0.2) is 66.7 Å². The van der Waals surface area contributed by atoms with E-state index in [9.17, 15) is 19.7 Å². The van der Waals surface area contributed by atoms with Crippen molar-refractivity contribution in [3.8, 4) is 5.75 Å². The zero-order valence-corrected chi connectivity index (χ0v) is 17.0. The van der Waals surface area contributed by atoms with Crippen LogP contribution in [-0.2, 0) is 9.59 Å². The maximum Gasteiger partial charge on any atom is 0.328 e. The minimum absolute atomic E-state index is 0.0788. The summed E-state index contributed by atoms with van der Waals surface area (Å²) < 4.78 is 6.16. The van der Waals surface area contributed by atoms with E-state index in [4.69, 9.17) is 14.9 Å². The number of likely N-dealkylation sites (N-methyl/N-ethyl adjacent to an activating group) is 1. The van der Waals surface area contributed by atoms with E-state index >= 15 is 0 Å². The average molecular weight is 428 g/mol. The molecule has 0 amide bonds. The molecule has 0 bridgehead atoms. The molecular weight excluding hydrogens is 404 g/mol. The van der Waals surface area contributed by atoms with Crippen LogP contribution >= 0.6 is 0 Å². The van der Waals surface area contributed by atoms with Gasteiger partial charge < -0.3 is 19.8 Å². The number of rotatable bonds is 6. The molecule has 0 saturated carbocycles. The summed E-state index contributed by atoms with van der Waals surface area (Å²) in [5, 5.41) is 26.4. The van der Waals surface area contributed by atoms with E-state index in [1.165, 1.54) is 17.7 Å². The highest BCUT2D eigenvalue weighted by molar-refractivity contribution is 5.89. The van der Waals surface area contributed by atoms with E-state index in [0.29, 0.717) is 23.8 Å². The van der Waals surface area contributed by atoms with Crippen LogP contribution in [0.25, 0.3) is 0 Å². The van der Waals surface area contributed by atoms with Gasteiger partial charge in [0.25, 0.3) is 5.69 Å². The van der Waals surface area contributed by atoms with E-state index in [2.05, 4.69) is 24.1 Å². The van der Waals surface area contributed by atoms with Crippen LogP contribution in [0.2, 0.25) is 0 Å². The van der Waals surface area contributed by atoms with Crippen LogP contribution < -0.4 is 4.74 Å². The van der Waals surface area contributed by atoms with Crippen LogP contribution in [0.4, 0.5) is 5.69 Å². The predicted octanol–water partition coefficient (Wildman–Crippen LogP) is 3.17. The van der Waals surface area contributed by atoms with Crippen molar-refractivity contribution in [1.82, 2.24) is 4.90 Å². The number of hydrogen-bond donors (Lipinski definition) is 2. The number of aliphatic carboxylic acids is 2. The number of ether oxygens (including phenoxy) is 1. The number of non-ortho nitro benzene ring substituents is 1. The SMILES string of the molecule is CN1CC[C@@H](Oc2ccc([N+](=O)[O-])cc2)[C@H](c2ccccc2)C1.O=C(O)C=CC(=O)O. The number of nitrogens with zero attached hydrogens (tertiary/aromatic N) is 2. The van der Waals surface area contributed by atoms with Gasteiger partial charge >= 0.3 is 11.9 Å². The summed E-state index contributed by atoms with van der Waals surface area (Å²) in [6, 6.07) is 16.7. The third kappa shape index (κ3) is 7.90. The first-order valence-electron chi connectivity index (χ1n) is 9.54. The van der Waals surface area contributed by atoms with E-state index < -0.39 is 16.9 Å². The molecule has 0 aliphatic carbocycles. The van der Waals surface area contributed by atoms with Crippen molar-refractivity contribution in [2.45, 2.75) is 18.4 Å². The van der Waals surface area contributed by atoms with Gasteiger partial charge in [-0.05, 0) is 31.2 Å². The molecule has 3 rings (SSSR count). The Kier molecular flexibility index (Phi) is 8.71. The summed E-state index contributed by atoms with van der Waals surface area (Å²) in [5.41, 5.74) is 1.35. The Labute approximate surface area is 179 Å². The first kappa shape index (κ1) is 23.6. The van der Waals surface area contributed by atoms with Crippen molar-refractivity contribution >= 4 is 17.6 Å². The average Bonchev–Trinajstić information content (AvgIpc) is 2.75. The Balaban J connectivity index is 0.000000366. The van der Waals surface area contributed by atoms with Crippen molar-refractivity contribution in [3.05, 3.63) is 82.4 Å². The number of carboxylic acids is 2. The van der Waals surface area contributed by atoms with Crippen molar-refractivity contribution in [2.24, 2.45) is 0 Å². The fraction of sp³-hybridized carbons (Fsp3) is 0.273. The highest BCUT2D eigenvalue weighted by Crippen LogP contribution is 2.30. The van der Waals surface area contributed by atoms with Crippen LogP contribution in [0, 0.1) is 10.1 Å². The molecule has 1 aliphatic rings. The lowest BCUT2D eigenvalue weighted by Crippen LogP contribution is -2.42. The summed E-state index contributed by atoms with van der Waals surface area (Å²) in [6.07, 6.45) is 2.13. The summed E-state index contributed by atoms with van der Waals surface area (Å²) in [4.78, 5) is 31.8. The number of piperidine rings is 1. The predicted molar refractivity (Wildman–Crippen MR) is 113 cm³/mol. The van der Waals surface area contributed by atoms with Crippen LogP contribution in [0.5, 0.6) is 5.75 Å². The van der Waals surface area contributed by atoms with Crippen LogP contribution in [-0.4, -0.2) is 58.2 Å². The normalized spacial score (nSPS) is 18.6. The third-order valence-electron chi connectivity index (χ3n) is 4.68. The number of carboxylic acid groups (broad SMARTS) is 2. The topological polar surface area (TPSA) is 130 Å². The highest BCUT2D eigenvalue weighted by atomic mass is 16.6. The van der Waals surface area contributed by atoms with Gasteiger partial charge in [-0.25, -0.2) is 9.59 Å². The number of nitro benzene ring substituents is 1. The molecule has 9 heteroatoms. The lowest BCUT2D eigenvalue weighted by atomic mass is 9.88. The molecule has 31 heavy (non-hydrogen) atoms. The van der Waals surface area contributed by atoms with E-state index in [-0.39, 0.29) is 11.8 Å². The second-order valence-corrected chi connectivity index (χ2v) is 6.99. The molecule has 0 radical (unpaired) electrons. The standard InChI is InChI=1S/C18H20N2O3.C4H4O4/c1-19-12-11-18(17(13-19)14-5-3-2-4-6-14)23-16-9-7-15(8-10-16)20(21)22;5-3(6)1-2-4(7)8/h2-10,17-18H,11-13H2,1H3;1-2H,(H,5,6)(H,7,8)/t17-,18+;/m0./s1. The van der Waals surface area contributed by atoms with Gasteiger partial charge in [-0.1, -0.05) is 30.3 Å². The fourth-order valence-corrected chi connectivity index (χ4v) is 3.22.